The van der Waals surface area contributed by atoms with Crippen LogP contribution in [0.3, 0.4) is 0 Å². The van der Waals surface area contributed by atoms with E-state index >= 15 is 0 Å². The molecule has 0 radical (unpaired) electrons. The number of nitrogens with one attached hydrogen (secondary N) is 2. The fourth-order valence-corrected chi connectivity index (χ4v) is 3.45. The van der Waals surface area contributed by atoms with E-state index in [-0.39, 0.29) is 24.2 Å². The zero-order valence-corrected chi connectivity index (χ0v) is 18.2. The summed E-state index contributed by atoms with van der Waals surface area (Å²) in [5, 5.41) is 14.4. The summed E-state index contributed by atoms with van der Waals surface area (Å²) in [6.07, 6.45) is 0.888. The molecule has 0 unspecified atom stereocenters. The highest BCUT2D eigenvalue weighted by Gasteiger charge is 2.24. The third kappa shape index (κ3) is 4.18. The van der Waals surface area contributed by atoms with Gasteiger partial charge in [-0.25, -0.2) is 4.68 Å². The van der Waals surface area contributed by atoms with E-state index in [1.165, 1.54) is 4.68 Å². The number of nitrogen functional groups attached to an aromatic ring is 1. The van der Waals surface area contributed by atoms with E-state index in [2.05, 4.69) is 32.8 Å². The molecule has 0 spiro atoms. The molecule has 0 fully saturated rings. The Bertz CT molecular complexity index is 1260. The highest BCUT2D eigenvalue weighted by atomic mass is 16.5. The fraction of sp³-hybridized carbons (Fsp3) is 0.217. The maximum Gasteiger partial charge on any atom is 0.265 e. The molecule has 0 aliphatic carbocycles. The van der Waals surface area contributed by atoms with Crippen molar-refractivity contribution < 1.29 is 9.32 Å². The Morgan fingerprint density at radius 1 is 1.19 bits per heavy atom. The number of aryl methyl sites for hydroxylation is 2. The van der Waals surface area contributed by atoms with E-state index in [0.717, 1.165) is 28.8 Å². The Balaban J connectivity index is 1.59. The lowest BCUT2D eigenvalue weighted by atomic mass is 10.1. The van der Waals surface area contributed by atoms with Gasteiger partial charge in [-0.3, -0.25) is 4.79 Å². The smallest absolute Gasteiger partial charge is 0.265 e. The number of nitrogens with zero attached hydrogens (tertiary/aromatic N) is 4. The summed E-state index contributed by atoms with van der Waals surface area (Å²) in [7, 11) is 1.71. The standard InChI is InChI=1S/C23H25N7O2/c1-4-15-9-7-10-16(12-15)26-18(31)13-30-20(24)19(22(25-3)28-30)23-27-21(29-32-23)17-11-6-5-8-14(17)2/h5-12H,4,13,24H2,1-3H3,(H,25,28)(H,26,31). The van der Waals surface area contributed by atoms with E-state index in [1.54, 1.807) is 7.05 Å². The van der Waals surface area contributed by atoms with Gasteiger partial charge in [0.25, 0.3) is 5.89 Å². The van der Waals surface area contributed by atoms with Crippen molar-refractivity contribution in [3.8, 4) is 22.8 Å². The Kier molecular flexibility index (Phi) is 5.89. The van der Waals surface area contributed by atoms with Crippen molar-refractivity contribution in [2.75, 3.05) is 23.4 Å². The topological polar surface area (TPSA) is 124 Å². The van der Waals surface area contributed by atoms with Crippen LogP contribution in [0.25, 0.3) is 22.8 Å². The molecule has 32 heavy (non-hydrogen) atoms. The highest BCUT2D eigenvalue weighted by Crippen LogP contribution is 2.33. The van der Waals surface area contributed by atoms with Crippen LogP contribution in [0, 0.1) is 6.92 Å². The summed E-state index contributed by atoms with van der Waals surface area (Å²) in [4.78, 5) is 17.1. The zero-order valence-electron chi connectivity index (χ0n) is 18.2. The molecule has 4 rings (SSSR count). The van der Waals surface area contributed by atoms with Crippen LogP contribution in [0.15, 0.2) is 53.1 Å². The highest BCUT2D eigenvalue weighted by molar-refractivity contribution is 5.91. The summed E-state index contributed by atoms with van der Waals surface area (Å²) in [6, 6.07) is 15.5. The van der Waals surface area contributed by atoms with Crippen LogP contribution >= 0.6 is 0 Å². The van der Waals surface area contributed by atoms with Gasteiger partial charge in [-0.1, -0.05) is 48.5 Å². The Morgan fingerprint density at radius 3 is 2.75 bits per heavy atom. The quantitative estimate of drug-likeness (QED) is 0.407. The lowest BCUT2D eigenvalue weighted by Crippen LogP contribution is -2.20. The molecule has 2 heterocycles. The molecule has 0 aliphatic heterocycles. The molecule has 9 nitrogen and oxygen atoms in total. The van der Waals surface area contributed by atoms with E-state index in [0.29, 0.717) is 17.2 Å². The van der Waals surface area contributed by atoms with Crippen molar-refractivity contribution in [3.05, 3.63) is 59.7 Å². The number of anilines is 3. The minimum absolute atomic E-state index is 0.0599. The molecule has 9 heteroatoms. The minimum Gasteiger partial charge on any atom is -0.383 e. The minimum atomic E-state index is -0.243. The van der Waals surface area contributed by atoms with Crippen LogP contribution in [0.2, 0.25) is 0 Å². The molecule has 2 aromatic carbocycles. The number of carbonyl (C=O) groups excluding carboxylic acids is 1. The Labute approximate surface area is 185 Å². The van der Waals surface area contributed by atoms with Crippen LogP contribution in [0.1, 0.15) is 18.1 Å². The lowest BCUT2D eigenvalue weighted by molar-refractivity contribution is -0.116. The molecule has 1 amide bonds. The number of carbonyl (C=O) groups is 1. The number of hydrogen-bond donors (Lipinski definition) is 3. The molecule has 0 aliphatic rings. The first-order valence-corrected chi connectivity index (χ1v) is 10.3. The molecule has 0 bridgehead atoms. The van der Waals surface area contributed by atoms with Gasteiger partial charge >= 0.3 is 0 Å². The Hall–Kier alpha value is -4.14. The van der Waals surface area contributed by atoms with E-state index < -0.39 is 0 Å². The largest absolute Gasteiger partial charge is 0.383 e. The molecular formula is C23H25N7O2. The maximum absolute atomic E-state index is 12.6. The molecule has 0 atom stereocenters. The van der Waals surface area contributed by atoms with Crippen LogP contribution in [-0.2, 0) is 17.8 Å². The van der Waals surface area contributed by atoms with E-state index in [4.69, 9.17) is 10.3 Å². The molecule has 4 aromatic rings. The van der Waals surface area contributed by atoms with Gasteiger partial charge in [0.15, 0.2) is 5.82 Å². The predicted molar refractivity (Wildman–Crippen MR) is 124 cm³/mol. The third-order valence-corrected chi connectivity index (χ3v) is 5.17. The summed E-state index contributed by atoms with van der Waals surface area (Å²) in [5.41, 5.74) is 10.6. The van der Waals surface area contributed by atoms with Gasteiger partial charge < -0.3 is 20.9 Å². The number of rotatable bonds is 7. The van der Waals surface area contributed by atoms with Gasteiger partial charge in [-0.05, 0) is 36.6 Å². The zero-order chi connectivity index (χ0) is 22.7. The third-order valence-electron chi connectivity index (χ3n) is 5.17. The van der Waals surface area contributed by atoms with Gasteiger partial charge in [0.1, 0.15) is 17.9 Å². The van der Waals surface area contributed by atoms with Crippen LogP contribution in [0.4, 0.5) is 17.3 Å². The second-order valence-electron chi connectivity index (χ2n) is 7.36. The summed E-state index contributed by atoms with van der Waals surface area (Å²) in [5.74, 6) is 1.15. The van der Waals surface area contributed by atoms with Gasteiger partial charge in [-0.2, -0.15) is 10.1 Å². The summed E-state index contributed by atoms with van der Waals surface area (Å²) in [6.45, 7) is 3.98. The predicted octanol–water partition coefficient (Wildman–Crippen LogP) is 3.73. The normalized spacial score (nSPS) is 10.8. The molecular weight excluding hydrogens is 406 g/mol. The van der Waals surface area contributed by atoms with Gasteiger partial charge in [-0.15, -0.1) is 0 Å². The van der Waals surface area contributed by atoms with E-state index in [1.807, 2.05) is 55.5 Å². The van der Waals surface area contributed by atoms with Crippen molar-refractivity contribution >= 4 is 23.2 Å². The van der Waals surface area contributed by atoms with Gasteiger partial charge in [0.05, 0.1) is 0 Å². The lowest BCUT2D eigenvalue weighted by Gasteiger charge is -2.08. The van der Waals surface area contributed by atoms with Crippen molar-refractivity contribution in [2.24, 2.45) is 0 Å². The Morgan fingerprint density at radius 2 is 2.00 bits per heavy atom. The molecule has 4 N–H and O–H groups in total. The van der Waals surface area contributed by atoms with Crippen molar-refractivity contribution in [3.63, 3.8) is 0 Å². The molecule has 0 saturated carbocycles. The monoisotopic (exact) mass is 431 g/mol. The van der Waals surface area contributed by atoms with Crippen molar-refractivity contribution in [1.82, 2.24) is 19.9 Å². The van der Waals surface area contributed by atoms with Gasteiger partial charge in [0.2, 0.25) is 11.7 Å². The SMILES string of the molecule is CCc1cccc(NC(=O)Cn2nc(NC)c(-c3nc(-c4ccccc4C)no3)c2N)c1. The maximum atomic E-state index is 12.6. The van der Waals surface area contributed by atoms with Crippen LogP contribution in [0.5, 0.6) is 0 Å². The molecule has 0 saturated heterocycles. The number of nitrogens with two attached hydrogens (primary N) is 1. The molecule has 2 aromatic heterocycles. The molecule has 164 valence electrons. The number of benzene rings is 2. The van der Waals surface area contributed by atoms with Crippen LogP contribution in [-0.4, -0.2) is 32.9 Å². The number of aromatic nitrogens is 4. The average molecular weight is 432 g/mol. The fourth-order valence-electron chi connectivity index (χ4n) is 3.45. The van der Waals surface area contributed by atoms with Crippen molar-refractivity contribution in [1.29, 1.82) is 0 Å². The second kappa shape index (κ2) is 8.93. The summed E-state index contributed by atoms with van der Waals surface area (Å²) < 4.78 is 6.90. The number of hydrogen-bond acceptors (Lipinski definition) is 7. The first-order chi connectivity index (χ1) is 15.5. The van der Waals surface area contributed by atoms with Crippen molar-refractivity contribution in [2.45, 2.75) is 26.8 Å². The van der Waals surface area contributed by atoms with E-state index in [9.17, 15) is 4.79 Å². The summed E-state index contributed by atoms with van der Waals surface area (Å²) >= 11 is 0. The first-order valence-electron chi connectivity index (χ1n) is 10.3. The second-order valence-corrected chi connectivity index (χ2v) is 7.36. The average Bonchev–Trinajstić information content (AvgIpc) is 3.38. The number of amides is 1. The van der Waals surface area contributed by atoms with Gasteiger partial charge in [0, 0.05) is 18.3 Å². The first kappa shape index (κ1) is 21.1. The van der Waals surface area contributed by atoms with Crippen LogP contribution < -0.4 is 16.4 Å².